The summed E-state index contributed by atoms with van der Waals surface area (Å²) in [5, 5.41) is 0.512. The van der Waals surface area contributed by atoms with Gasteiger partial charge in [0.05, 0.1) is 24.1 Å². The van der Waals surface area contributed by atoms with Crippen LogP contribution in [0.4, 0.5) is 0 Å². The van der Waals surface area contributed by atoms with Gasteiger partial charge in [0, 0.05) is 6.54 Å². The Morgan fingerprint density at radius 3 is 2.55 bits per heavy atom. The Balaban J connectivity index is 1.91. The highest BCUT2D eigenvalue weighted by Crippen LogP contribution is 2.39. The van der Waals surface area contributed by atoms with Gasteiger partial charge >= 0.3 is 0 Å². The molecule has 0 saturated heterocycles. The maximum absolute atomic E-state index is 13.6. The summed E-state index contributed by atoms with van der Waals surface area (Å²) in [5.74, 6) is 0.598. The van der Waals surface area contributed by atoms with Crippen molar-refractivity contribution in [3.05, 3.63) is 74.6 Å². The Hall–Kier alpha value is -3.12. The lowest BCUT2D eigenvalue weighted by Gasteiger charge is -2.26. The topological polar surface area (TPSA) is 63.0 Å². The van der Waals surface area contributed by atoms with Gasteiger partial charge in [-0.05, 0) is 81.9 Å². The fourth-order valence-electron chi connectivity index (χ4n) is 4.22. The van der Waals surface area contributed by atoms with E-state index in [1.807, 2.05) is 64.3 Å². The Labute approximate surface area is 182 Å². The number of methoxy groups -OCH3 is 1. The second kappa shape index (κ2) is 8.19. The highest BCUT2D eigenvalue weighted by atomic mass is 16.5. The number of fused-ring (bicyclic) bond motifs is 2. The molecule has 0 unspecified atom stereocenters. The molecule has 0 spiro atoms. The zero-order chi connectivity index (χ0) is 22.3. The molecule has 0 radical (unpaired) electrons. The Bertz CT molecular complexity index is 1210. The SMILES string of the molecule is COc1cccc([C@H]2c3c(oc4cc(C)c(C)cc4c3=O)C(=O)N2CCCN(C)C)c1. The number of ether oxygens (including phenoxy) is 1. The van der Waals surface area contributed by atoms with Gasteiger partial charge in [-0.3, -0.25) is 9.59 Å². The fourth-order valence-corrected chi connectivity index (χ4v) is 4.22. The van der Waals surface area contributed by atoms with E-state index in [0.717, 1.165) is 29.7 Å². The molecule has 4 rings (SSSR count). The highest BCUT2D eigenvalue weighted by molar-refractivity contribution is 5.99. The molecular weight excluding hydrogens is 392 g/mol. The average molecular weight is 421 g/mol. The van der Waals surface area contributed by atoms with E-state index >= 15 is 0 Å². The van der Waals surface area contributed by atoms with Gasteiger partial charge in [-0.1, -0.05) is 12.1 Å². The van der Waals surface area contributed by atoms with Crippen molar-refractivity contribution in [3.8, 4) is 5.75 Å². The van der Waals surface area contributed by atoms with Crippen molar-refractivity contribution in [1.82, 2.24) is 9.80 Å². The van der Waals surface area contributed by atoms with Crippen LogP contribution in [0.2, 0.25) is 0 Å². The maximum atomic E-state index is 13.6. The van der Waals surface area contributed by atoms with Crippen molar-refractivity contribution in [2.45, 2.75) is 26.3 Å². The van der Waals surface area contributed by atoms with Crippen LogP contribution in [0.5, 0.6) is 5.75 Å². The largest absolute Gasteiger partial charge is 0.497 e. The Kier molecular flexibility index (Phi) is 5.58. The highest BCUT2D eigenvalue weighted by Gasteiger charge is 2.42. The van der Waals surface area contributed by atoms with Crippen molar-refractivity contribution in [2.75, 3.05) is 34.3 Å². The second-order valence-electron chi connectivity index (χ2n) is 8.44. The first-order valence-electron chi connectivity index (χ1n) is 10.5. The lowest BCUT2D eigenvalue weighted by molar-refractivity contribution is 0.0722. The van der Waals surface area contributed by atoms with Crippen LogP contribution < -0.4 is 10.2 Å². The van der Waals surface area contributed by atoms with Crippen molar-refractivity contribution in [1.29, 1.82) is 0 Å². The molecule has 0 aliphatic carbocycles. The molecule has 3 aromatic rings. The molecule has 2 heterocycles. The van der Waals surface area contributed by atoms with Crippen LogP contribution in [-0.4, -0.2) is 50.0 Å². The summed E-state index contributed by atoms with van der Waals surface area (Å²) in [6, 6.07) is 10.8. The second-order valence-corrected chi connectivity index (χ2v) is 8.44. The van der Waals surface area contributed by atoms with E-state index in [9.17, 15) is 9.59 Å². The summed E-state index contributed by atoms with van der Waals surface area (Å²) >= 11 is 0. The molecule has 0 N–H and O–H groups in total. The van der Waals surface area contributed by atoms with Gasteiger partial charge in [-0.15, -0.1) is 0 Å². The summed E-state index contributed by atoms with van der Waals surface area (Å²) in [4.78, 5) is 30.9. The number of amides is 1. The molecule has 162 valence electrons. The van der Waals surface area contributed by atoms with Crippen molar-refractivity contribution < 1.29 is 13.9 Å². The van der Waals surface area contributed by atoms with Crippen LogP contribution in [0.3, 0.4) is 0 Å². The first-order chi connectivity index (χ1) is 14.8. The number of hydrogen-bond donors (Lipinski definition) is 0. The standard InChI is InChI=1S/C25H28N2O4/c1-15-12-19-20(13-16(15)2)31-24-21(23(19)28)22(17-8-6-9-18(14-17)30-5)27(25(24)29)11-7-10-26(3)4/h6,8-9,12-14,22H,7,10-11H2,1-5H3/t22-/m0/s1. The third-order valence-corrected chi connectivity index (χ3v) is 6.00. The number of nitrogens with zero attached hydrogens (tertiary/aromatic N) is 2. The average Bonchev–Trinajstić information content (AvgIpc) is 3.02. The van der Waals surface area contributed by atoms with Gasteiger partial charge in [-0.2, -0.15) is 0 Å². The van der Waals surface area contributed by atoms with Gasteiger partial charge in [0.2, 0.25) is 5.76 Å². The third kappa shape index (κ3) is 3.72. The monoisotopic (exact) mass is 420 g/mol. The molecule has 1 aliphatic heterocycles. The van der Waals surface area contributed by atoms with Gasteiger partial charge in [0.15, 0.2) is 5.43 Å². The molecule has 6 heteroatoms. The first kappa shape index (κ1) is 21.1. The van der Waals surface area contributed by atoms with E-state index < -0.39 is 6.04 Å². The van der Waals surface area contributed by atoms with Crippen LogP contribution in [0.15, 0.2) is 45.6 Å². The van der Waals surface area contributed by atoms with E-state index in [2.05, 4.69) is 4.90 Å². The summed E-state index contributed by atoms with van der Waals surface area (Å²) in [7, 11) is 5.61. The zero-order valence-electron chi connectivity index (χ0n) is 18.7. The molecule has 0 bridgehead atoms. The van der Waals surface area contributed by atoms with Crippen LogP contribution in [0.1, 0.15) is 45.3 Å². The first-order valence-corrected chi connectivity index (χ1v) is 10.5. The number of carbonyl (C=O) groups is 1. The summed E-state index contributed by atoms with van der Waals surface area (Å²) < 4.78 is 11.5. The predicted octanol–water partition coefficient (Wildman–Crippen LogP) is 3.92. The van der Waals surface area contributed by atoms with Gasteiger partial charge in [-0.25, -0.2) is 0 Å². The maximum Gasteiger partial charge on any atom is 0.290 e. The normalized spacial score (nSPS) is 15.7. The Morgan fingerprint density at radius 1 is 1.10 bits per heavy atom. The van der Waals surface area contributed by atoms with E-state index in [-0.39, 0.29) is 17.1 Å². The molecule has 1 amide bonds. The Morgan fingerprint density at radius 2 is 1.84 bits per heavy atom. The van der Waals surface area contributed by atoms with Crippen molar-refractivity contribution >= 4 is 16.9 Å². The number of aryl methyl sites for hydroxylation is 2. The fraction of sp³-hybridized carbons (Fsp3) is 0.360. The molecule has 0 saturated carbocycles. The minimum atomic E-state index is -0.498. The van der Waals surface area contributed by atoms with E-state index in [0.29, 0.717) is 28.8 Å². The van der Waals surface area contributed by atoms with Gasteiger partial charge < -0.3 is 19.0 Å². The molecule has 2 aromatic carbocycles. The van der Waals surface area contributed by atoms with Crippen LogP contribution >= 0.6 is 0 Å². The molecule has 1 aliphatic rings. The predicted molar refractivity (Wildman–Crippen MR) is 121 cm³/mol. The van der Waals surface area contributed by atoms with Gasteiger partial charge in [0.1, 0.15) is 11.3 Å². The smallest absolute Gasteiger partial charge is 0.290 e. The van der Waals surface area contributed by atoms with Crippen molar-refractivity contribution in [2.24, 2.45) is 0 Å². The van der Waals surface area contributed by atoms with Crippen LogP contribution in [0, 0.1) is 13.8 Å². The number of benzene rings is 2. The van der Waals surface area contributed by atoms with Gasteiger partial charge in [0.25, 0.3) is 5.91 Å². The molecule has 1 aromatic heterocycles. The lowest BCUT2D eigenvalue weighted by Crippen LogP contribution is -2.32. The molecular formula is C25H28N2O4. The van der Waals surface area contributed by atoms with Crippen LogP contribution in [-0.2, 0) is 0 Å². The number of rotatable bonds is 6. The minimum absolute atomic E-state index is 0.143. The third-order valence-electron chi connectivity index (χ3n) is 6.00. The summed E-state index contributed by atoms with van der Waals surface area (Å²) in [6.45, 7) is 5.31. The molecule has 31 heavy (non-hydrogen) atoms. The number of carbonyl (C=O) groups excluding carboxylic acids is 1. The number of hydrogen-bond acceptors (Lipinski definition) is 5. The quantitative estimate of drug-likeness (QED) is 0.605. The van der Waals surface area contributed by atoms with Crippen LogP contribution in [0.25, 0.3) is 11.0 Å². The van der Waals surface area contributed by atoms with E-state index in [1.165, 1.54) is 0 Å². The zero-order valence-corrected chi connectivity index (χ0v) is 18.7. The van der Waals surface area contributed by atoms with E-state index in [4.69, 9.17) is 9.15 Å². The van der Waals surface area contributed by atoms with Crippen molar-refractivity contribution in [3.63, 3.8) is 0 Å². The summed E-state index contributed by atoms with van der Waals surface area (Å²) in [6.07, 6.45) is 0.791. The molecule has 0 fully saturated rings. The lowest BCUT2D eigenvalue weighted by atomic mass is 9.97. The van der Waals surface area contributed by atoms with E-state index in [1.54, 1.807) is 12.0 Å². The molecule has 6 nitrogen and oxygen atoms in total. The summed E-state index contributed by atoms with van der Waals surface area (Å²) in [5.41, 5.74) is 3.61. The minimum Gasteiger partial charge on any atom is -0.497 e. The molecule has 1 atom stereocenters.